The molecule has 1 atom stereocenters. The van der Waals surface area contributed by atoms with Crippen LogP contribution in [0.4, 0.5) is 0 Å². The van der Waals surface area contributed by atoms with Gasteiger partial charge in [0.1, 0.15) is 13.2 Å². The highest BCUT2D eigenvalue weighted by molar-refractivity contribution is 5.71. The van der Waals surface area contributed by atoms with Crippen LogP contribution in [0.1, 0.15) is 361 Å². The zero-order valence-corrected chi connectivity index (χ0v) is 48.7. The number of ether oxygens (including phenoxy) is 3. The van der Waals surface area contributed by atoms with Crippen LogP contribution in [0.3, 0.4) is 0 Å². The third-order valence-corrected chi connectivity index (χ3v) is 14.7. The van der Waals surface area contributed by atoms with Crippen LogP contribution in [0.2, 0.25) is 0 Å². The zero-order valence-electron chi connectivity index (χ0n) is 48.7. The monoisotopic (exact) mass is 1010 g/mol. The van der Waals surface area contributed by atoms with Crippen LogP contribution in [-0.4, -0.2) is 37.2 Å². The van der Waals surface area contributed by atoms with Crippen molar-refractivity contribution in [2.24, 2.45) is 0 Å². The number of hydrogen-bond acceptors (Lipinski definition) is 6. The molecule has 72 heavy (non-hydrogen) atoms. The summed E-state index contributed by atoms with van der Waals surface area (Å²) in [7, 11) is 0. The molecule has 0 fully saturated rings. The first kappa shape index (κ1) is 69.9. The maximum atomic E-state index is 12.9. The molecule has 0 aromatic carbocycles. The van der Waals surface area contributed by atoms with Crippen LogP contribution in [0.15, 0.2) is 24.3 Å². The molecule has 0 saturated heterocycles. The molecule has 0 amide bonds. The first-order chi connectivity index (χ1) is 35.5. The van der Waals surface area contributed by atoms with Crippen molar-refractivity contribution in [3.63, 3.8) is 0 Å². The fraction of sp³-hybridized carbons (Fsp3) is 0.894. The molecule has 1 unspecified atom stereocenters. The van der Waals surface area contributed by atoms with Crippen LogP contribution in [0.25, 0.3) is 0 Å². The predicted octanol–water partition coefficient (Wildman–Crippen LogP) is 21.8. The Morgan fingerprint density at radius 3 is 0.694 bits per heavy atom. The van der Waals surface area contributed by atoms with Gasteiger partial charge in [-0.1, -0.05) is 295 Å². The van der Waals surface area contributed by atoms with E-state index in [2.05, 4.69) is 45.1 Å². The molecular weight excluding hydrogens is 889 g/mol. The number of carbonyl (C=O) groups is 3. The Bertz CT molecular complexity index is 1160. The van der Waals surface area contributed by atoms with Crippen LogP contribution < -0.4 is 0 Å². The molecule has 0 rings (SSSR count). The standard InChI is InChI=1S/C66H124O6/c1-4-7-10-13-16-19-22-25-28-31-33-35-38-41-44-47-50-53-56-59-65(68)71-62-63(61-70-64(67)58-55-52-49-46-43-40-37-30-27-24-21-18-15-12-9-6-3)72-66(69)60-57-54-51-48-45-42-39-36-34-32-29-26-23-20-17-14-11-8-5-2/h25-26,28-29,63H,4-24,27,30-62H2,1-3H3/b28-25-,29-26-. The average molecular weight is 1010 g/mol. The lowest BCUT2D eigenvalue weighted by Crippen LogP contribution is -2.30. The number of allylic oxidation sites excluding steroid dienone is 4. The van der Waals surface area contributed by atoms with Gasteiger partial charge in [0, 0.05) is 19.3 Å². The van der Waals surface area contributed by atoms with E-state index in [9.17, 15) is 14.4 Å². The van der Waals surface area contributed by atoms with E-state index in [1.807, 2.05) is 0 Å². The van der Waals surface area contributed by atoms with Crippen LogP contribution in [0.5, 0.6) is 0 Å². The second-order valence-electron chi connectivity index (χ2n) is 22.0. The fourth-order valence-corrected chi connectivity index (χ4v) is 9.79. The smallest absolute Gasteiger partial charge is 0.306 e. The minimum absolute atomic E-state index is 0.0673. The Morgan fingerprint density at radius 1 is 0.264 bits per heavy atom. The summed E-state index contributed by atoms with van der Waals surface area (Å²) in [6.07, 6.45) is 73.2. The minimum atomic E-state index is -0.770. The lowest BCUT2D eigenvalue weighted by Gasteiger charge is -2.18. The molecule has 0 aromatic heterocycles. The Hall–Kier alpha value is -2.11. The number of unbranched alkanes of at least 4 members (excludes halogenated alkanes) is 45. The maximum Gasteiger partial charge on any atom is 0.306 e. The van der Waals surface area contributed by atoms with Gasteiger partial charge in [0.2, 0.25) is 0 Å². The first-order valence-corrected chi connectivity index (χ1v) is 32.3. The summed E-state index contributed by atoms with van der Waals surface area (Å²) in [4.78, 5) is 38.3. The van der Waals surface area contributed by atoms with Crippen molar-refractivity contribution in [3.8, 4) is 0 Å². The molecule has 0 N–H and O–H groups in total. The van der Waals surface area contributed by atoms with Gasteiger partial charge >= 0.3 is 17.9 Å². The van der Waals surface area contributed by atoms with Crippen molar-refractivity contribution in [3.05, 3.63) is 24.3 Å². The van der Waals surface area contributed by atoms with Gasteiger partial charge in [-0.2, -0.15) is 0 Å². The van der Waals surface area contributed by atoms with Crippen LogP contribution in [-0.2, 0) is 28.6 Å². The predicted molar refractivity (Wildman–Crippen MR) is 312 cm³/mol. The van der Waals surface area contributed by atoms with Gasteiger partial charge in [-0.25, -0.2) is 0 Å². The molecule has 424 valence electrons. The van der Waals surface area contributed by atoms with E-state index in [1.165, 1.54) is 263 Å². The van der Waals surface area contributed by atoms with Crippen LogP contribution >= 0.6 is 0 Å². The molecule has 0 aliphatic rings. The highest BCUT2D eigenvalue weighted by Gasteiger charge is 2.19. The van der Waals surface area contributed by atoms with E-state index in [1.54, 1.807) is 0 Å². The van der Waals surface area contributed by atoms with Gasteiger partial charge in [-0.15, -0.1) is 0 Å². The Balaban J connectivity index is 4.32. The molecule has 0 heterocycles. The van der Waals surface area contributed by atoms with Crippen molar-refractivity contribution >= 4 is 17.9 Å². The molecule has 0 radical (unpaired) electrons. The van der Waals surface area contributed by atoms with Gasteiger partial charge < -0.3 is 14.2 Å². The van der Waals surface area contributed by atoms with E-state index >= 15 is 0 Å². The Kier molecular flexibility index (Phi) is 59.6. The summed E-state index contributed by atoms with van der Waals surface area (Å²) < 4.78 is 17.0. The van der Waals surface area contributed by atoms with Crippen molar-refractivity contribution < 1.29 is 28.6 Å². The van der Waals surface area contributed by atoms with Gasteiger partial charge in [0.05, 0.1) is 0 Å². The lowest BCUT2D eigenvalue weighted by molar-refractivity contribution is -0.167. The Morgan fingerprint density at radius 2 is 0.458 bits per heavy atom. The molecule has 0 bridgehead atoms. The summed E-state index contributed by atoms with van der Waals surface area (Å²) >= 11 is 0. The highest BCUT2D eigenvalue weighted by Crippen LogP contribution is 2.17. The SMILES string of the molecule is CCCCCCCC/C=C\CCCCCCCCCCCC(=O)OCC(COC(=O)CCCCCCCCCCCCCCCCCC)OC(=O)CCCCCCCCCCC/C=C\CCCCCCCC. The van der Waals surface area contributed by atoms with Gasteiger partial charge in [-0.3, -0.25) is 14.4 Å². The summed E-state index contributed by atoms with van der Waals surface area (Å²) in [5, 5.41) is 0. The molecule has 0 aliphatic carbocycles. The number of esters is 3. The topological polar surface area (TPSA) is 78.9 Å². The molecule has 0 saturated carbocycles. The van der Waals surface area contributed by atoms with Crippen LogP contribution in [0, 0.1) is 0 Å². The van der Waals surface area contributed by atoms with E-state index in [0.29, 0.717) is 19.3 Å². The Labute approximate surface area is 449 Å². The molecule has 0 aliphatic heterocycles. The second kappa shape index (κ2) is 61.4. The molecule has 0 aromatic rings. The maximum absolute atomic E-state index is 12.9. The van der Waals surface area contributed by atoms with Gasteiger partial charge in [0.25, 0.3) is 0 Å². The van der Waals surface area contributed by atoms with Crippen molar-refractivity contribution in [2.45, 2.75) is 367 Å². The average Bonchev–Trinajstić information content (AvgIpc) is 3.38. The van der Waals surface area contributed by atoms with Crippen molar-refractivity contribution in [2.75, 3.05) is 13.2 Å². The molecule has 6 nitrogen and oxygen atoms in total. The summed E-state index contributed by atoms with van der Waals surface area (Å²) in [5.74, 6) is -0.844. The van der Waals surface area contributed by atoms with Gasteiger partial charge in [-0.05, 0) is 70.6 Å². The fourth-order valence-electron chi connectivity index (χ4n) is 9.79. The number of carbonyl (C=O) groups excluding carboxylic acids is 3. The minimum Gasteiger partial charge on any atom is -0.462 e. The molecule has 0 spiro atoms. The quantitative estimate of drug-likeness (QED) is 0.0261. The largest absolute Gasteiger partial charge is 0.462 e. The molecular formula is C66H124O6. The lowest BCUT2D eigenvalue weighted by atomic mass is 10.0. The number of hydrogen-bond donors (Lipinski definition) is 0. The number of rotatable bonds is 60. The zero-order chi connectivity index (χ0) is 52.2. The van der Waals surface area contributed by atoms with E-state index < -0.39 is 6.10 Å². The second-order valence-corrected chi connectivity index (χ2v) is 22.0. The van der Waals surface area contributed by atoms with Crippen molar-refractivity contribution in [1.82, 2.24) is 0 Å². The van der Waals surface area contributed by atoms with Crippen molar-refractivity contribution in [1.29, 1.82) is 0 Å². The summed E-state index contributed by atoms with van der Waals surface area (Å²) in [6, 6.07) is 0. The summed E-state index contributed by atoms with van der Waals surface area (Å²) in [5.41, 5.74) is 0. The summed E-state index contributed by atoms with van der Waals surface area (Å²) in [6.45, 7) is 6.70. The van der Waals surface area contributed by atoms with E-state index in [0.717, 1.165) is 57.8 Å². The van der Waals surface area contributed by atoms with E-state index in [-0.39, 0.29) is 31.1 Å². The third-order valence-electron chi connectivity index (χ3n) is 14.7. The normalized spacial score (nSPS) is 12.1. The third kappa shape index (κ3) is 58.8. The molecule has 6 heteroatoms. The first-order valence-electron chi connectivity index (χ1n) is 32.3. The highest BCUT2D eigenvalue weighted by atomic mass is 16.6. The van der Waals surface area contributed by atoms with E-state index in [4.69, 9.17) is 14.2 Å². The van der Waals surface area contributed by atoms with Gasteiger partial charge in [0.15, 0.2) is 6.10 Å².